The van der Waals surface area contributed by atoms with Crippen LogP contribution in [0.4, 0.5) is 34.1 Å². The van der Waals surface area contributed by atoms with Gasteiger partial charge in [0.25, 0.3) is 0 Å². The van der Waals surface area contributed by atoms with Crippen LogP contribution in [0.25, 0.3) is 22.3 Å². The molecule has 2 nitrogen and oxygen atoms in total. The number of para-hydroxylation sites is 3. The smallest absolute Gasteiger partial charge is 0.0540 e. The van der Waals surface area contributed by atoms with Gasteiger partial charge in [0.05, 0.1) is 17.1 Å². The van der Waals surface area contributed by atoms with Gasteiger partial charge in [-0.3, -0.25) is 0 Å². The van der Waals surface area contributed by atoms with Gasteiger partial charge in [-0.1, -0.05) is 140 Å². The van der Waals surface area contributed by atoms with Crippen LogP contribution in [-0.4, -0.2) is 0 Å². The van der Waals surface area contributed by atoms with Crippen molar-refractivity contribution in [3.8, 4) is 22.3 Å². The summed E-state index contributed by atoms with van der Waals surface area (Å²) < 4.78 is 0. The van der Waals surface area contributed by atoms with Gasteiger partial charge in [0.15, 0.2) is 0 Å². The monoisotopic (exact) mass is 744 g/mol. The van der Waals surface area contributed by atoms with E-state index in [9.17, 15) is 0 Å². The Hall–Kier alpha value is -6.64. The highest BCUT2D eigenvalue weighted by Gasteiger charge is 2.62. The van der Waals surface area contributed by atoms with E-state index in [4.69, 9.17) is 0 Å². The zero-order valence-corrected chi connectivity index (χ0v) is 32.6. The molecule has 3 unspecified atom stereocenters. The molecule has 0 aliphatic heterocycles. The van der Waals surface area contributed by atoms with Crippen LogP contribution in [0.1, 0.15) is 46.2 Å². The minimum Gasteiger partial charge on any atom is -0.310 e. The van der Waals surface area contributed by atoms with Crippen molar-refractivity contribution in [3.63, 3.8) is 0 Å². The maximum atomic E-state index is 2.64. The van der Waals surface area contributed by atoms with Crippen LogP contribution >= 0.6 is 0 Å². The third kappa shape index (κ3) is 4.91. The van der Waals surface area contributed by atoms with Crippen LogP contribution in [0.5, 0.6) is 0 Å². The van der Waals surface area contributed by atoms with Crippen LogP contribution in [0.15, 0.2) is 194 Å². The van der Waals surface area contributed by atoms with E-state index in [1.54, 1.807) is 11.1 Å². The highest BCUT2D eigenvalue weighted by Crippen LogP contribution is 2.69. The lowest BCUT2D eigenvalue weighted by atomic mass is 9.68. The third-order valence-electron chi connectivity index (χ3n) is 13.9. The lowest BCUT2D eigenvalue weighted by molar-refractivity contribution is 0.350. The standard InChI is InChI=1S/C56H44N2/c1-4-16-38(17-5-1)50-26-12-13-27-51(50)58(47-32-33-49-42(37-47)34-39-18-10-11-25-48(39)49)53-29-15-20-41-36-44-31-30-43-35-40-19-14-28-52(54(40)56(43,44)55(41)53)57(45-21-6-2-7-22-45)46-23-8-3-9-24-46/h1-29,32-33,37,43-44H,30-31,34-36H2. The first kappa shape index (κ1) is 33.5. The van der Waals surface area contributed by atoms with E-state index >= 15 is 0 Å². The first-order valence-corrected chi connectivity index (χ1v) is 21.1. The second kappa shape index (κ2) is 13.2. The molecule has 0 radical (unpaired) electrons. The number of benzene rings is 8. The fourth-order valence-corrected chi connectivity index (χ4v) is 11.8. The second-order valence-electron chi connectivity index (χ2n) is 16.8. The zero-order chi connectivity index (χ0) is 38.2. The Morgan fingerprint density at radius 3 is 1.52 bits per heavy atom. The minimum absolute atomic E-state index is 0.118. The maximum absolute atomic E-state index is 2.64. The van der Waals surface area contributed by atoms with Crippen molar-refractivity contribution in [3.05, 3.63) is 228 Å². The van der Waals surface area contributed by atoms with Crippen LogP contribution < -0.4 is 9.80 Å². The van der Waals surface area contributed by atoms with Crippen molar-refractivity contribution in [1.82, 2.24) is 0 Å². The first-order valence-electron chi connectivity index (χ1n) is 21.1. The van der Waals surface area contributed by atoms with Gasteiger partial charge in [0, 0.05) is 28.0 Å². The minimum atomic E-state index is -0.118. The molecule has 4 aliphatic rings. The molecular weight excluding hydrogens is 701 g/mol. The molecule has 8 aromatic carbocycles. The summed E-state index contributed by atoms with van der Waals surface area (Å²) in [6, 6.07) is 72.7. The largest absolute Gasteiger partial charge is 0.310 e. The molecule has 0 amide bonds. The van der Waals surface area contributed by atoms with E-state index in [0.29, 0.717) is 11.8 Å². The lowest BCUT2D eigenvalue weighted by Gasteiger charge is -2.40. The zero-order valence-electron chi connectivity index (χ0n) is 32.6. The van der Waals surface area contributed by atoms with Crippen LogP contribution in [-0.2, 0) is 24.7 Å². The van der Waals surface area contributed by atoms with Crippen molar-refractivity contribution in [2.75, 3.05) is 9.80 Å². The summed E-state index contributed by atoms with van der Waals surface area (Å²) in [5.41, 5.74) is 21.5. The summed E-state index contributed by atoms with van der Waals surface area (Å²) in [5, 5.41) is 0. The maximum Gasteiger partial charge on any atom is 0.0540 e. The number of anilines is 6. The lowest BCUT2D eigenvalue weighted by Crippen LogP contribution is -2.34. The number of nitrogens with zero attached hydrogens (tertiary/aromatic N) is 2. The predicted octanol–water partition coefficient (Wildman–Crippen LogP) is 14.3. The summed E-state index contributed by atoms with van der Waals surface area (Å²) in [7, 11) is 0. The molecule has 0 bridgehead atoms. The van der Waals surface area contributed by atoms with Gasteiger partial charge in [-0.25, -0.2) is 0 Å². The van der Waals surface area contributed by atoms with Gasteiger partial charge in [-0.2, -0.15) is 0 Å². The Balaban J connectivity index is 1.12. The number of hydrogen-bond donors (Lipinski definition) is 0. The summed E-state index contributed by atoms with van der Waals surface area (Å²) in [6.45, 7) is 0. The van der Waals surface area contributed by atoms with Crippen molar-refractivity contribution < 1.29 is 0 Å². The van der Waals surface area contributed by atoms with E-state index < -0.39 is 0 Å². The number of hydrogen-bond acceptors (Lipinski definition) is 2. The number of rotatable bonds is 7. The first-order chi connectivity index (χ1) is 28.8. The molecule has 4 aliphatic carbocycles. The van der Waals surface area contributed by atoms with Gasteiger partial charge in [0.2, 0.25) is 0 Å². The molecule has 12 rings (SSSR count). The topological polar surface area (TPSA) is 6.48 Å². The average molecular weight is 745 g/mol. The molecule has 8 aromatic rings. The second-order valence-corrected chi connectivity index (χ2v) is 16.8. The van der Waals surface area contributed by atoms with Crippen molar-refractivity contribution in [2.24, 2.45) is 11.8 Å². The fourth-order valence-electron chi connectivity index (χ4n) is 11.8. The van der Waals surface area contributed by atoms with Gasteiger partial charge < -0.3 is 9.80 Å². The van der Waals surface area contributed by atoms with Crippen molar-refractivity contribution in [2.45, 2.75) is 37.5 Å². The molecule has 278 valence electrons. The molecule has 1 spiro atoms. The molecule has 58 heavy (non-hydrogen) atoms. The summed E-state index contributed by atoms with van der Waals surface area (Å²) in [5.74, 6) is 1.07. The van der Waals surface area contributed by atoms with E-state index in [1.807, 2.05) is 0 Å². The predicted molar refractivity (Wildman–Crippen MR) is 240 cm³/mol. The third-order valence-corrected chi connectivity index (χ3v) is 13.9. The normalized spacial score (nSPS) is 19.1. The van der Waals surface area contributed by atoms with Gasteiger partial charge in [-0.05, 0) is 149 Å². The summed E-state index contributed by atoms with van der Waals surface area (Å²) >= 11 is 0. The average Bonchev–Trinajstić information content (AvgIpc) is 4.02. The van der Waals surface area contributed by atoms with E-state index in [0.717, 1.165) is 19.3 Å². The van der Waals surface area contributed by atoms with Crippen LogP contribution in [0.2, 0.25) is 0 Å². The van der Waals surface area contributed by atoms with Gasteiger partial charge >= 0.3 is 0 Å². The van der Waals surface area contributed by atoms with Crippen LogP contribution in [0, 0.1) is 11.8 Å². The molecule has 0 heterocycles. The van der Waals surface area contributed by atoms with Crippen molar-refractivity contribution in [1.29, 1.82) is 0 Å². The van der Waals surface area contributed by atoms with E-state index in [-0.39, 0.29) is 5.41 Å². The summed E-state index contributed by atoms with van der Waals surface area (Å²) in [4.78, 5) is 5.18. The SMILES string of the molecule is c1ccc(-c2ccccc2N(c2ccc3c(c2)Cc2ccccc2-3)c2cccc3c2C24c5c(cccc5N(c5ccccc5)c5ccccc5)CC2CCC4C3)cc1. The molecule has 1 saturated carbocycles. The summed E-state index contributed by atoms with van der Waals surface area (Å²) in [6.07, 6.45) is 5.68. The van der Waals surface area contributed by atoms with E-state index in [2.05, 4.69) is 204 Å². The van der Waals surface area contributed by atoms with Gasteiger partial charge in [0.1, 0.15) is 0 Å². The van der Waals surface area contributed by atoms with Crippen molar-refractivity contribution >= 4 is 34.1 Å². The Morgan fingerprint density at radius 2 is 0.862 bits per heavy atom. The molecule has 0 N–H and O–H groups in total. The van der Waals surface area contributed by atoms with Crippen LogP contribution in [0.3, 0.4) is 0 Å². The Morgan fingerprint density at radius 1 is 0.362 bits per heavy atom. The quantitative estimate of drug-likeness (QED) is 0.160. The fraction of sp³-hybridized carbons (Fsp3) is 0.143. The highest BCUT2D eigenvalue weighted by atomic mass is 15.2. The van der Waals surface area contributed by atoms with E-state index in [1.165, 1.54) is 91.5 Å². The molecule has 3 atom stereocenters. The highest BCUT2D eigenvalue weighted by molar-refractivity contribution is 5.92. The number of fused-ring (bicyclic) bond motifs is 5. The Labute approximate surface area is 341 Å². The molecule has 0 saturated heterocycles. The Bertz CT molecular complexity index is 2800. The Kier molecular flexibility index (Phi) is 7.63. The molecule has 1 fully saturated rings. The van der Waals surface area contributed by atoms with Gasteiger partial charge in [-0.15, -0.1) is 0 Å². The molecular formula is C56H44N2. The molecule has 2 heteroatoms. The molecule has 0 aromatic heterocycles.